The lowest BCUT2D eigenvalue weighted by Gasteiger charge is -2.20. The molecule has 0 saturated heterocycles. The Bertz CT molecular complexity index is 462. The number of aromatic nitrogens is 1. The van der Waals surface area contributed by atoms with Gasteiger partial charge in [0.1, 0.15) is 0 Å². The van der Waals surface area contributed by atoms with Gasteiger partial charge < -0.3 is 10.6 Å². The quantitative estimate of drug-likeness (QED) is 0.848. The van der Waals surface area contributed by atoms with Gasteiger partial charge >= 0.3 is 0 Å². The molecule has 0 aliphatic carbocycles. The maximum absolute atomic E-state index is 5.53. The Balaban J connectivity index is 2.36. The number of nitrogens with two attached hydrogens (primary N) is 1. The van der Waals surface area contributed by atoms with Gasteiger partial charge in [-0.3, -0.25) is 4.98 Å². The van der Waals surface area contributed by atoms with Crippen molar-refractivity contribution in [1.29, 1.82) is 0 Å². The molecular weight excluding hydrogens is 198 g/mol. The number of hydrogen-bond donors (Lipinski definition) is 1. The lowest BCUT2D eigenvalue weighted by Crippen LogP contribution is -2.21. The number of fused-ring (bicyclic) bond motifs is 1. The van der Waals surface area contributed by atoms with Crippen LogP contribution in [-0.4, -0.2) is 25.1 Å². The second-order valence-corrected chi connectivity index (χ2v) is 3.94. The van der Waals surface area contributed by atoms with Gasteiger partial charge in [-0.2, -0.15) is 0 Å². The summed E-state index contributed by atoms with van der Waals surface area (Å²) in [5, 5.41) is 2.43. The van der Waals surface area contributed by atoms with Crippen molar-refractivity contribution in [3.63, 3.8) is 0 Å². The first-order valence-electron chi connectivity index (χ1n) is 5.57. The van der Waals surface area contributed by atoms with Crippen LogP contribution in [0, 0.1) is 0 Å². The van der Waals surface area contributed by atoms with Gasteiger partial charge in [0.05, 0.1) is 0 Å². The van der Waals surface area contributed by atoms with E-state index in [1.54, 1.807) is 0 Å². The molecule has 2 N–H and O–H groups in total. The van der Waals surface area contributed by atoms with Crippen molar-refractivity contribution in [3.8, 4) is 0 Å². The van der Waals surface area contributed by atoms with Crippen molar-refractivity contribution in [2.75, 3.05) is 25.0 Å². The fraction of sp³-hybridized carbons (Fsp3) is 0.308. The number of nitrogens with zero attached hydrogens (tertiary/aromatic N) is 2. The fourth-order valence-electron chi connectivity index (χ4n) is 1.89. The molecular formula is C13H17N3. The smallest absolute Gasteiger partial charge is 0.0444 e. The molecule has 0 saturated carbocycles. The Hall–Kier alpha value is -1.61. The lowest BCUT2D eigenvalue weighted by atomic mass is 10.1. The zero-order valence-corrected chi connectivity index (χ0v) is 9.56. The van der Waals surface area contributed by atoms with E-state index in [4.69, 9.17) is 5.73 Å². The summed E-state index contributed by atoms with van der Waals surface area (Å²) in [4.78, 5) is 6.38. The van der Waals surface area contributed by atoms with Crippen molar-refractivity contribution in [3.05, 3.63) is 36.7 Å². The van der Waals surface area contributed by atoms with E-state index in [9.17, 15) is 0 Å². The van der Waals surface area contributed by atoms with Gasteiger partial charge in [0.15, 0.2) is 0 Å². The summed E-state index contributed by atoms with van der Waals surface area (Å²) in [6.45, 7) is 1.72. The average Bonchev–Trinajstić information content (AvgIpc) is 2.35. The largest absolute Gasteiger partial charge is 0.374 e. The Morgan fingerprint density at radius 1 is 1.31 bits per heavy atom. The van der Waals surface area contributed by atoms with E-state index in [0.717, 1.165) is 19.5 Å². The molecule has 1 aromatic heterocycles. The predicted octanol–water partition coefficient (Wildman–Crippen LogP) is 2.02. The SMILES string of the molecule is CN(CCCN)c1cccc2cnccc12. The molecule has 0 unspecified atom stereocenters. The van der Waals surface area contributed by atoms with E-state index in [0.29, 0.717) is 0 Å². The normalized spacial score (nSPS) is 10.6. The molecule has 2 aromatic rings. The second kappa shape index (κ2) is 4.94. The molecule has 0 aliphatic heterocycles. The standard InChI is InChI=1S/C13H17N3/c1-16(9-3-7-14)13-5-2-4-11-10-15-8-6-12(11)13/h2,4-6,8,10H,3,7,9,14H2,1H3. The molecule has 0 bridgehead atoms. The molecule has 3 heteroatoms. The van der Waals surface area contributed by atoms with Gasteiger partial charge in [-0.25, -0.2) is 0 Å². The van der Waals surface area contributed by atoms with Crippen LogP contribution in [0.5, 0.6) is 0 Å². The first-order valence-corrected chi connectivity index (χ1v) is 5.57. The van der Waals surface area contributed by atoms with Crippen LogP contribution in [0.2, 0.25) is 0 Å². The first-order chi connectivity index (χ1) is 7.83. The molecule has 0 amide bonds. The summed E-state index contributed by atoms with van der Waals surface area (Å²) in [6, 6.07) is 8.35. The van der Waals surface area contributed by atoms with Gasteiger partial charge in [0, 0.05) is 42.4 Å². The monoisotopic (exact) mass is 215 g/mol. The molecule has 0 atom stereocenters. The minimum atomic E-state index is 0.733. The van der Waals surface area contributed by atoms with Crippen LogP contribution in [0.4, 0.5) is 5.69 Å². The van der Waals surface area contributed by atoms with Crippen LogP contribution < -0.4 is 10.6 Å². The molecule has 1 heterocycles. The summed E-state index contributed by atoms with van der Waals surface area (Å²) in [5.74, 6) is 0. The van der Waals surface area contributed by atoms with Crippen LogP contribution >= 0.6 is 0 Å². The van der Waals surface area contributed by atoms with Gasteiger partial charge in [0.25, 0.3) is 0 Å². The molecule has 0 aliphatic rings. The molecule has 16 heavy (non-hydrogen) atoms. The maximum Gasteiger partial charge on any atom is 0.0444 e. The maximum atomic E-state index is 5.53. The van der Waals surface area contributed by atoms with E-state index >= 15 is 0 Å². The number of benzene rings is 1. The van der Waals surface area contributed by atoms with Crippen molar-refractivity contribution in [1.82, 2.24) is 4.98 Å². The molecule has 2 rings (SSSR count). The van der Waals surface area contributed by atoms with E-state index in [1.165, 1.54) is 16.5 Å². The molecule has 1 aromatic carbocycles. The highest BCUT2D eigenvalue weighted by molar-refractivity contribution is 5.93. The molecule has 3 nitrogen and oxygen atoms in total. The Morgan fingerprint density at radius 2 is 2.19 bits per heavy atom. The van der Waals surface area contributed by atoms with Gasteiger partial charge in [0.2, 0.25) is 0 Å². The molecule has 84 valence electrons. The molecule has 0 fully saturated rings. The fourth-order valence-corrected chi connectivity index (χ4v) is 1.89. The van der Waals surface area contributed by atoms with Crippen LogP contribution in [0.25, 0.3) is 10.8 Å². The number of pyridine rings is 1. The third-order valence-electron chi connectivity index (χ3n) is 2.77. The van der Waals surface area contributed by atoms with Crippen molar-refractivity contribution < 1.29 is 0 Å². The lowest BCUT2D eigenvalue weighted by molar-refractivity contribution is 0.797. The zero-order valence-electron chi connectivity index (χ0n) is 9.56. The summed E-state index contributed by atoms with van der Waals surface area (Å²) in [7, 11) is 2.10. The van der Waals surface area contributed by atoms with Gasteiger partial charge in [-0.05, 0) is 25.1 Å². The van der Waals surface area contributed by atoms with E-state index in [1.807, 2.05) is 12.4 Å². The van der Waals surface area contributed by atoms with Crippen LogP contribution in [0.15, 0.2) is 36.7 Å². The third kappa shape index (κ3) is 2.14. The van der Waals surface area contributed by atoms with E-state index < -0.39 is 0 Å². The molecule has 0 spiro atoms. The van der Waals surface area contributed by atoms with Crippen molar-refractivity contribution >= 4 is 16.5 Å². The average molecular weight is 215 g/mol. The highest BCUT2D eigenvalue weighted by atomic mass is 15.1. The minimum Gasteiger partial charge on any atom is -0.374 e. The minimum absolute atomic E-state index is 0.733. The van der Waals surface area contributed by atoms with Crippen molar-refractivity contribution in [2.45, 2.75) is 6.42 Å². The topological polar surface area (TPSA) is 42.1 Å². The van der Waals surface area contributed by atoms with Crippen LogP contribution in [0.1, 0.15) is 6.42 Å². The first kappa shape index (κ1) is 10.9. The van der Waals surface area contributed by atoms with Gasteiger partial charge in [-0.15, -0.1) is 0 Å². The summed E-state index contributed by atoms with van der Waals surface area (Å²) < 4.78 is 0. The number of hydrogen-bond acceptors (Lipinski definition) is 3. The molecule has 0 radical (unpaired) electrons. The Morgan fingerprint density at radius 3 is 3.00 bits per heavy atom. The second-order valence-electron chi connectivity index (χ2n) is 3.94. The highest BCUT2D eigenvalue weighted by Crippen LogP contribution is 2.24. The van der Waals surface area contributed by atoms with Crippen molar-refractivity contribution in [2.24, 2.45) is 5.73 Å². The number of anilines is 1. The zero-order chi connectivity index (χ0) is 11.4. The van der Waals surface area contributed by atoms with Crippen LogP contribution in [-0.2, 0) is 0 Å². The summed E-state index contributed by atoms with van der Waals surface area (Å²) in [6.07, 6.45) is 4.75. The van der Waals surface area contributed by atoms with Gasteiger partial charge in [-0.1, -0.05) is 12.1 Å². The van der Waals surface area contributed by atoms with Crippen LogP contribution in [0.3, 0.4) is 0 Å². The Kier molecular flexibility index (Phi) is 3.37. The summed E-state index contributed by atoms with van der Waals surface area (Å²) >= 11 is 0. The van der Waals surface area contributed by atoms with E-state index in [-0.39, 0.29) is 0 Å². The number of rotatable bonds is 4. The summed E-state index contributed by atoms with van der Waals surface area (Å²) in [5.41, 5.74) is 6.77. The highest BCUT2D eigenvalue weighted by Gasteiger charge is 2.04. The predicted molar refractivity (Wildman–Crippen MR) is 68.7 cm³/mol. The third-order valence-corrected chi connectivity index (χ3v) is 2.77. The van der Waals surface area contributed by atoms with E-state index in [2.05, 4.69) is 41.2 Å². The Labute approximate surface area is 95.9 Å².